The summed E-state index contributed by atoms with van der Waals surface area (Å²) in [6.45, 7) is 4.82. The summed E-state index contributed by atoms with van der Waals surface area (Å²) in [5, 5.41) is 0. The number of rotatable bonds is 5. The van der Waals surface area contributed by atoms with Crippen molar-refractivity contribution in [1.82, 2.24) is 4.90 Å². The molecule has 0 radical (unpaired) electrons. The summed E-state index contributed by atoms with van der Waals surface area (Å²) in [6, 6.07) is 7.01. The molecule has 1 saturated heterocycles. The predicted molar refractivity (Wildman–Crippen MR) is 69.8 cm³/mol. The largest absolute Gasteiger partial charge is 0.379 e. The molecule has 17 heavy (non-hydrogen) atoms. The highest BCUT2D eigenvalue weighted by Crippen LogP contribution is 2.15. The Morgan fingerprint density at radius 3 is 2.76 bits per heavy atom. The molecule has 0 aliphatic carbocycles. The summed E-state index contributed by atoms with van der Waals surface area (Å²) in [6.07, 6.45) is 0. The smallest absolute Gasteiger partial charge is 0.127 e. The quantitative estimate of drug-likeness (QED) is 0.750. The van der Waals surface area contributed by atoms with Crippen LogP contribution in [0.25, 0.3) is 0 Å². The Morgan fingerprint density at radius 1 is 1.24 bits per heavy atom. The van der Waals surface area contributed by atoms with Crippen molar-refractivity contribution in [3.63, 3.8) is 0 Å². The Labute approximate surface area is 106 Å². The summed E-state index contributed by atoms with van der Waals surface area (Å²) in [7, 11) is 0. The number of ether oxygens (including phenoxy) is 1. The lowest BCUT2D eigenvalue weighted by atomic mass is 10.2. The molecule has 1 aliphatic heterocycles. The minimum Gasteiger partial charge on any atom is -0.379 e. The molecule has 0 unspecified atom stereocenters. The van der Waals surface area contributed by atoms with Crippen LogP contribution in [-0.2, 0) is 10.5 Å². The SMILES string of the molecule is Fc1ccccc1CSCCN1CCOCC1. The molecule has 2 rings (SSSR count). The zero-order valence-electron chi connectivity index (χ0n) is 9.90. The third-order valence-corrected chi connectivity index (χ3v) is 3.86. The van der Waals surface area contributed by atoms with Crippen molar-refractivity contribution < 1.29 is 9.13 Å². The molecular weight excluding hydrogens is 237 g/mol. The molecule has 0 amide bonds. The van der Waals surface area contributed by atoms with Crippen molar-refractivity contribution in [3.8, 4) is 0 Å². The van der Waals surface area contributed by atoms with Crippen LogP contribution in [0.1, 0.15) is 5.56 Å². The molecule has 2 nitrogen and oxygen atoms in total. The molecular formula is C13H18FNOS. The number of halogens is 1. The van der Waals surface area contributed by atoms with E-state index in [0.29, 0.717) is 0 Å². The van der Waals surface area contributed by atoms with E-state index in [9.17, 15) is 4.39 Å². The molecule has 0 saturated carbocycles. The maximum Gasteiger partial charge on any atom is 0.127 e. The monoisotopic (exact) mass is 255 g/mol. The van der Waals surface area contributed by atoms with Crippen molar-refractivity contribution in [3.05, 3.63) is 35.6 Å². The Bertz CT molecular complexity index is 342. The number of morpholine rings is 1. The van der Waals surface area contributed by atoms with E-state index in [2.05, 4.69) is 4.90 Å². The first-order valence-electron chi connectivity index (χ1n) is 5.97. The number of hydrogen-bond acceptors (Lipinski definition) is 3. The van der Waals surface area contributed by atoms with Gasteiger partial charge in [-0.05, 0) is 11.6 Å². The second kappa shape index (κ2) is 6.99. The van der Waals surface area contributed by atoms with Gasteiger partial charge in [-0.2, -0.15) is 11.8 Å². The van der Waals surface area contributed by atoms with Gasteiger partial charge in [-0.25, -0.2) is 4.39 Å². The first kappa shape index (κ1) is 12.9. The molecule has 0 aromatic heterocycles. The average molecular weight is 255 g/mol. The molecule has 1 aliphatic rings. The fourth-order valence-corrected chi connectivity index (χ4v) is 2.80. The van der Waals surface area contributed by atoms with Gasteiger partial charge in [0.05, 0.1) is 13.2 Å². The summed E-state index contributed by atoms with van der Waals surface area (Å²) < 4.78 is 18.6. The van der Waals surface area contributed by atoms with Crippen LogP contribution in [0.2, 0.25) is 0 Å². The Balaban J connectivity index is 1.64. The molecule has 1 fully saturated rings. The lowest BCUT2D eigenvalue weighted by molar-refractivity contribution is 0.0410. The van der Waals surface area contributed by atoms with E-state index in [1.807, 2.05) is 12.1 Å². The van der Waals surface area contributed by atoms with E-state index in [1.54, 1.807) is 17.8 Å². The molecule has 1 aromatic carbocycles. The van der Waals surface area contributed by atoms with E-state index in [1.165, 1.54) is 6.07 Å². The molecule has 1 aromatic rings. The highest BCUT2D eigenvalue weighted by atomic mass is 32.2. The normalized spacial score (nSPS) is 17.2. The number of thioether (sulfide) groups is 1. The average Bonchev–Trinajstić information content (AvgIpc) is 2.38. The van der Waals surface area contributed by atoms with Gasteiger partial charge in [0, 0.05) is 31.1 Å². The second-order valence-corrected chi connectivity index (χ2v) is 5.20. The van der Waals surface area contributed by atoms with Crippen molar-refractivity contribution in [1.29, 1.82) is 0 Å². The van der Waals surface area contributed by atoms with Crippen LogP contribution in [0, 0.1) is 5.82 Å². The Morgan fingerprint density at radius 2 is 2.00 bits per heavy atom. The van der Waals surface area contributed by atoms with E-state index >= 15 is 0 Å². The van der Waals surface area contributed by atoms with Gasteiger partial charge in [0.25, 0.3) is 0 Å². The number of hydrogen-bond donors (Lipinski definition) is 0. The molecule has 1 heterocycles. The van der Waals surface area contributed by atoms with Gasteiger partial charge in [-0.15, -0.1) is 0 Å². The molecule has 0 spiro atoms. The fourth-order valence-electron chi connectivity index (χ4n) is 1.82. The lowest BCUT2D eigenvalue weighted by Gasteiger charge is -2.26. The van der Waals surface area contributed by atoms with Crippen LogP contribution in [0.15, 0.2) is 24.3 Å². The molecule has 0 N–H and O–H groups in total. The summed E-state index contributed by atoms with van der Waals surface area (Å²) in [4.78, 5) is 2.40. The topological polar surface area (TPSA) is 12.5 Å². The molecule has 94 valence electrons. The van der Waals surface area contributed by atoms with Crippen molar-refractivity contribution in [2.75, 3.05) is 38.6 Å². The van der Waals surface area contributed by atoms with E-state index < -0.39 is 0 Å². The minimum atomic E-state index is -0.0913. The van der Waals surface area contributed by atoms with Crippen molar-refractivity contribution >= 4 is 11.8 Å². The summed E-state index contributed by atoms with van der Waals surface area (Å²) in [5.41, 5.74) is 0.805. The van der Waals surface area contributed by atoms with Crippen LogP contribution in [0.5, 0.6) is 0 Å². The second-order valence-electron chi connectivity index (χ2n) is 4.10. The van der Waals surface area contributed by atoms with Crippen LogP contribution in [0.3, 0.4) is 0 Å². The van der Waals surface area contributed by atoms with Crippen LogP contribution < -0.4 is 0 Å². The van der Waals surface area contributed by atoms with Gasteiger partial charge in [-0.3, -0.25) is 4.90 Å². The zero-order chi connectivity index (χ0) is 11.9. The minimum absolute atomic E-state index is 0.0913. The van der Waals surface area contributed by atoms with Gasteiger partial charge < -0.3 is 4.74 Å². The van der Waals surface area contributed by atoms with Gasteiger partial charge in [0.2, 0.25) is 0 Å². The number of benzene rings is 1. The summed E-state index contributed by atoms with van der Waals surface area (Å²) in [5.74, 6) is 1.72. The molecule has 0 atom stereocenters. The van der Waals surface area contributed by atoms with Crippen molar-refractivity contribution in [2.45, 2.75) is 5.75 Å². The number of nitrogens with zero attached hydrogens (tertiary/aromatic N) is 1. The van der Waals surface area contributed by atoms with Gasteiger partial charge in [0.1, 0.15) is 5.82 Å². The fraction of sp³-hybridized carbons (Fsp3) is 0.538. The van der Waals surface area contributed by atoms with Crippen molar-refractivity contribution in [2.24, 2.45) is 0 Å². The summed E-state index contributed by atoms with van der Waals surface area (Å²) >= 11 is 1.79. The first-order chi connectivity index (χ1) is 8.36. The maximum atomic E-state index is 13.3. The first-order valence-corrected chi connectivity index (χ1v) is 7.13. The molecule has 0 bridgehead atoms. The third-order valence-electron chi connectivity index (χ3n) is 2.87. The van der Waals surface area contributed by atoms with Gasteiger partial charge >= 0.3 is 0 Å². The van der Waals surface area contributed by atoms with Gasteiger partial charge in [-0.1, -0.05) is 18.2 Å². The Kier molecular flexibility index (Phi) is 5.29. The van der Waals surface area contributed by atoms with Gasteiger partial charge in [0.15, 0.2) is 0 Å². The highest BCUT2D eigenvalue weighted by Gasteiger charge is 2.09. The maximum absolute atomic E-state index is 13.3. The Hall–Kier alpha value is -0.580. The standard InChI is InChI=1S/C13H18FNOS/c14-13-4-2-1-3-12(13)11-17-10-7-15-5-8-16-9-6-15/h1-4H,5-11H2. The van der Waals surface area contributed by atoms with Crippen LogP contribution >= 0.6 is 11.8 Å². The third kappa shape index (κ3) is 4.30. The molecule has 4 heteroatoms. The van der Waals surface area contributed by atoms with E-state index in [0.717, 1.165) is 49.9 Å². The van der Waals surface area contributed by atoms with E-state index in [4.69, 9.17) is 4.74 Å². The zero-order valence-corrected chi connectivity index (χ0v) is 10.7. The predicted octanol–water partition coefficient (Wildman–Crippen LogP) is 2.39. The lowest BCUT2D eigenvalue weighted by Crippen LogP contribution is -2.37. The van der Waals surface area contributed by atoms with Crippen LogP contribution in [0.4, 0.5) is 4.39 Å². The van der Waals surface area contributed by atoms with E-state index in [-0.39, 0.29) is 5.82 Å². The highest BCUT2D eigenvalue weighted by molar-refractivity contribution is 7.98. The van der Waals surface area contributed by atoms with Crippen LogP contribution in [-0.4, -0.2) is 43.5 Å².